The number of esters is 1. The van der Waals surface area contributed by atoms with Crippen molar-refractivity contribution in [3.8, 4) is 0 Å². The average molecular weight is 204 g/mol. The number of pyridine rings is 1. The van der Waals surface area contributed by atoms with Crippen molar-refractivity contribution in [3.05, 3.63) is 23.9 Å². The quantitative estimate of drug-likeness (QED) is 0.691. The van der Waals surface area contributed by atoms with Gasteiger partial charge in [-0.3, -0.25) is 0 Å². The molecule has 0 bridgehead atoms. The Bertz CT molecular complexity index is 292. The molecule has 1 heterocycles. The van der Waals surface area contributed by atoms with E-state index in [0.29, 0.717) is 10.6 Å². The van der Waals surface area contributed by atoms with E-state index >= 15 is 0 Å². The molecule has 0 fully saturated rings. The summed E-state index contributed by atoms with van der Waals surface area (Å²) in [6.45, 7) is 0. The monoisotopic (exact) mass is 203 g/mol. The molecule has 0 saturated carbocycles. The summed E-state index contributed by atoms with van der Waals surface area (Å²) >= 11 is 0. The summed E-state index contributed by atoms with van der Waals surface area (Å²) in [5.74, 6) is -0.425. The summed E-state index contributed by atoms with van der Waals surface area (Å²) in [5, 5.41) is 0.464. The van der Waals surface area contributed by atoms with Gasteiger partial charge in [0.2, 0.25) is 0 Å². The molecule has 1 aromatic heterocycles. The highest BCUT2D eigenvalue weighted by atomic mass is 35.7. The zero-order valence-corrected chi connectivity index (χ0v) is 7.85. The zero-order valence-electron chi connectivity index (χ0n) is 6.28. The van der Waals surface area contributed by atoms with Crippen LogP contribution in [0.4, 0.5) is 0 Å². The van der Waals surface area contributed by atoms with Crippen LogP contribution in [0.2, 0.25) is 0 Å². The number of methoxy groups -OCH3 is 1. The molecule has 1 aromatic rings. The van der Waals surface area contributed by atoms with E-state index < -0.39 is 5.97 Å². The third-order valence-corrected chi connectivity index (χ3v) is 2.16. The maximum atomic E-state index is 11.1. The molecule has 0 aliphatic rings. The Kier molecular flexibility index (Phi) is 3.37. The number of hydrogen-bond acceptors (Lipinski definition) is 4. The number of aromatic nitrogens is 1. The number of nitrogens with zero attached hydrogens (tertiary/aromatic N) is 1. The Labute approximate surface area is 78.6 Å². The van der Waals surface area contributed by atoms with Crippen LogP contribution in [-0.4, -0.2) is 18.1 Å². The summed E-state index contributed by atoms with van der Waals surface area (Å²) in [6, 6.07) is 3.27. The van der Waals surface area contributed by atoms with Crippen molar-refractivity contribution in [1.29, 1.82) is 0 Å². The summed E-state index contributed by atoms with van der Waals surface area (Å²) in [6.07, 6.45) is 1.57. The lowest BCUT2D eigenvalue weighted by atomic mass is 10.3. The van der Waals surface area contributed by atoms with Gasteiger partial charge in [-0.2, -0.15) is 0 Å². The molecule has 0 aliphatic carbocycles. The van der Waals surface area contributed by atoms with E-state index in [-0.39, 0.29) is 0 Å². The lowest BCUT2D eigenvalue weighted by molar-refractivity contribution is 0.0596. The Morgan fingerprint density at radius 2 is 2.50 bits per heavy atom. The number of ether oxygens (including phenoxy) is 1. The summed E-state index contributed by atoms with van der Waals surface area (Å²) < 4.78 is 4.53. The minimum atomic E-state index is -0.425. The molecule has 0 N–H and O–H groups in total. The van der Waals surface area contributed by atoms with E-state index in [9.17, 15) is 4.79 Å². The first-order valence-electron chi connectivity index (χ1n) is 3.11. The van der Waals surface area contributed by atoms with E-state index in [4.69, 9.17) is 10.7 Å². The molecule has 12 heavy (non-hydrogen) atoms. The molecule has 0 unspecified atom stereocenters. The van der Waals surface area contributed by atoms with Gasteiger partial charge in [-0.05, 0) is 22.8 Å². The van der Waals surface area contributed by atoms with Crippen molar-refractivity contribution in [3.63, 3.8) is 0 Å². The minimum absolute atomic E-state index is 0.389. The molecule has 0 saturated heterocycles. The smallest absolute Gasteiger partial charge is 0.340 e. The van der Waals surface area contributed by atoms with Gasteiger partial charge in [0.25, 0.3) is 0 Å². The number of halogens is 1. The number of hydrogen-bond donors (Lipinski definition) is 0. The Hall–Kier alpha value is -0.740. The molecular formula is C7H6ClNO2S. The standard InChI is InChI=1S/C7H6ClNO2S/c1-11-7(10)5-3-2-4-9-6(5)12-8/h2-4H,1H3. The van der Waals surface area contributed by atoms with E-state index in [0.717, 1.165) is 11.0 Å². The van der Waals surface area contributed by atoms with Crippen LogP contribution in [0.1, 0.15) is 10.4 Å². The van der Waals surface area contributed by atoms with Crippen molar-refractivity contribution in [2.75, 3.05) is 7.11 Å². The normalized spacial score (nSPS) is 9.50. The molecule has 1 rings (SSSR count). The Morgan fingerprint density at radius 3 is 3.08 bits per heavy atom. The van der Waals surface area contributed by atoms with Crippen LogP contribution in [-0.2, 0) is 4.74 Å². The van der Waals surface area contributed by atoms with Crippen molar-refractivity contribution in [1.82, 2.24) is 4.98 Å². The third kappa shape index (κ3) is 1.89. The number of carbonyl (C=O) groups excluding carboxylic acids is 1. The van der Waals surface area contributed by atoms with Gasteiger partial charge in [0.1, 0.15) is 5.03 Å². The van der Waals surface area contributed by atoms with Gasteiger partial charge in [0.05, 0.1) is 12.7 Å². The van der Waals surface area contributed by atoms with Gasteiger partial charge in [0.15, 0.2) is 0 Å². The summed E-state index contributed by atoms with van der Waals surface area (Å²) in [7, 11) is 7.70. The number of carbonyl (C=O) groups is 1. The predicted octanol–water partition coefficient (Wildman–Crippen LogP) is 2.11. The van der Waals surface area contributed by atoms with E-state index in [1.165, 1.54) is 7.11 Å². The fourth-order valence-corrected chi connectivity index (χ4v) is 1.42. The van der Waals surface area contributed by atoms with E-state index in [1.54, 1.807) is 18.3 Å². The molecule has 3 nitrogen and oxygen atoms in total. The molecule has 0 aliphatic heterocycles. The molecule has 0 spiro atoms. The van der Waals surface area contributed by atoms with Crippen LogP contribution < -0.4 is 0 Å². The zero-order chi connectivity index (χ0) is 8.97. The lowest BCUT2D eigenvalue weighted by Crippen LogP contribution is -2.03. The van der Waals surface area contributed by atoms with Gasteiger partial charge < -0.3 is 4.74 Å². The van der Waals surface area contributed by atoms with E-state index in [1.807, 2.05) is 0 Å². The molecule has 64 valence electrons. The first kappa shape index (κ1) is 9.35. The number of rotatable bonds is 2. The average Bonchev–Trinajstić information content (AvgIpc) is 2.16. The highest BCUT2D eigenvalue weighted by Crippen LogP contribution is 2.23. The molecule has 0 atom stereocenters. The topological polar surface area (TPSA) is 39.2 Å². The van der Waals surface area contributed by atoms with Crippen LogP contribution >= 0.6 is 21.7 Å². The fraction of sp³-hybridized carbons (Fsp3) is 0.143. The first-order chi connectivity index (χ1) is 5.79. The minimum Gasteiger partial charge on any atom is -0.465 e. The predicted molar refractivity (Wildman–Crippen MR) is 47.3 cm³/mol. The highest BCUT2D eigenvalue weighted by molar-refractivity contribution is 8.21. The van der Waals surface area contributed by atoms with E-state index in [2.05, 4.69) is 9.72 Å². The largest absolute Gasteiger partial charge is 0.465 e. The maximum absolute atomic E-state index is 11.1. The van der Waals surface area contributed by atoms with Crippen molar-refractivity contribution in [2.24, 2.45) is 0 Å². The van der Waals surface area contributed by atoms with Crippen LogP contribution in [0, 0.1) is 0 Å². The van der Waals surface area contributed by atoms with Crippen LogP contribution in [0.3, 0.4) is 0 Å². The molecule has 0 radical (unpaired) electrons. The van der Waals surface area contributed by atoms with Crippen LogP contribution in [0.25, 0.3) is 0 Å². The second-order valence-corrected chi connectivity index (χ2v) is 2.93. The second kappa shape index (κ2) is 4.33. The molecule has 0 aromatic carbocycles. The summed E-state index contributed by atoms with van der Waals surface area (Å²) in [4.78, 5) is 15.0. The first-order valence-corrected chi connectivity index (χ1v) is 4.75. The lowest BCUT2D eigenvalue weighted by Gasteiger charge is -2.01. The van der Waals surface area contributed by atoms with Crippen LogP contribution in [0.15, 0.2) is 23.4 Å². The van der Waals surface area contributed by atoms with Crippen molar-refractivity contribution >= 4 is 27.6 Å². The summed E-state index contributed by atoms with van der Waals surface area (Å²) in [5.41, 5.74) is 0.389. The molecule has 5 heteroatoms. The maximum Gasteiger partial charge on any atom is 0.340 e. The molecule has 0 amide bonds. The SMILES string of the molecule is COC(=O)c1cccnc1SCl. The second-order valence-electron chi connectivity index (χ2n) is 1.92. The van der Waals surface area contributed by atoms with Gasteiger partial charge in [-0.25, -0.2) is 9.78 Å². The van der Waals surface area contributed by atoms with Gasteiger partial charge >= 0.3 is 5.97 Å². The van der Waals surface area contributed by atoms with Crippen molar-refractivity contribution in [2.45, 2.75) is 5.03 Å². The van der Waals surface area contributed by atoms with Gasteiger partial charge in [-0.15, -0.1) is 0 Å². The fourth-order valence-electron chi connectivity index (χ4n) is 0.718. The highest BCUT2D eigenvalue weighted by Gasteiger charge is 2.11. The van der Waals surface area contributed by atoms with Crippen LogP contribution in [0.5, 0.6) is 0 Å². The van der Waals surface area contributed by atoms with Crippen molar-refractivity contribution < 1.29 is 9.53 Å². The van der Waals surface area contributed by atoms with Gasteiger partial charge in [-0.1, -0.05) is 0 Å². The Morgan fingerprint density at radius 1 is 1.75 bits per heavy atom. The molecular weight excluding hydrogens is 198 g/mol. The van der Waals surface area contributed by atoms with Gasteiger partial charge in [0, 0.05) is 17.2 Å². The third-order valence-electron chi connectivity index (χ3n) is 1.25. The Balaban J connectivity index is 3.04.